The molecule has 7 heteroatoms. The van der Waals surface area contributed by atoms with Gasteiger partial charge in [0.05, 0.1) is 17.8 Å². The topological polar surface area (TPSA) is 62.5 Å². The summed E-state index contributed by atoms with van der Waals surface area (Å²) in [4.78, 5) is 11.6. The van der Waals surface area contributed by atoms with Crippen LogP contribution in [0.1, 0.15) is 36.2 Å². The van der Waals surface area contributed by atoms with E-state index in [0.29, 0.717) is 0 Å². The Labute approximate surface area is 114 Å². The molecule has 1 amide bonds. The molecule has 2 N–H and O–H groups in total. The SMILES string of the molecule is O=C(NC[C@@]1(O)CCC[C@H](C(F)(F)F)C1)c1ccco1. The van der Waals surface area contributed by atoms with Crippen molar-refractivity contribution in [2.75, 3.05) is 6.54 Å². The molecular weight excluding hydrogens is 275 g/mol. The van der Waals surface area contributed by atoms with E-state index in [9.17, 15) is 23.1 Å². The molecule has 1 heterocycles. The Morgan fingerprint density at radius 3 is 2.90 bits per heavy atom. The fraction of sp³-hybridized carbons (Fsp3) is 0.615. The van der Waals surface area contributed by atoms with Crippen LogP contribution in [0.4, 0.5) is 13.2 Å². The highest BCUT2D eigenvalue weighted by Gasteiger charge is 2.47. The van der Waals surface area contributed by atoms with E-state index in [-0.39, 0.29) is 38.0 Å². The summed E-state index contributed by atoms with van der Waals surface area (Å²) in [7, 11) is 0. The summed E-state index contributed by atoms with van der Waals surface area (Å²) in [6.07, 6.45) is -2.80. The fourth-order valence-electron chi connectivity index (χ4n) is 2.52. The van der Waals surface area contributed by atoms with Crippen molar-refractivity contribution >= 4 is 5.91 Å². The van der Waals surface area contributed by atoms with E-state index >= 15 is 0 Å². The third-order valence-corrected chi connectivity index (χ3v) is 3.61. The van der Waals surface area contributed by atoms with Crippen LogP contribution in [0.2, 0.25) is 0 Å². The zero-order valence-corrected chi connectivity index (χ0v) is 10.7. The molecule has 0 bridgehead atoms. The van der Waals surface area contributed by atoms with Gasteiger partial charge in [-0.25, -0.2) is 0 Å². The second kappa shape index (κ2) is 5.47. The van der Waals surface area contributed by atoms with Gasteiger partial charge in [0.1, 0.15) is 0 Å². The molecule has 1 aliphatic carbocycles. The Morgan fingerprint density at radius 1 is 1.55 bits per heavy atom. The van der Waals surface area contributed by atoms with Crippen molar-refractivity contribution in [3.63, 3.8) is 0 Å². The number of furan rings is 1. The normalized spacial score (nSPS) is 27.3. The third-order valence-electron chi connectivity index (χ3n) is 3.61. The van der Waals surface area contributed by atoms with Crippen molar-refractivity contribution in [1.29, 1.82) is 0 Å². The lowest BCUT2D eigenvalue weighted by atomic mass is 9.77. The molecule has 1 aliphatic rings. The number of rotatable bonds is 3. The van der Waals surface area contributed by atoms with Gasteiger partial charge in [-0.2, -0.15) is 13.2 Å². The van der Waals surface area contributed by atoms with E-state index in [4.69, 9.17) is 4.42 Å². The lowest BCUT2D eigenvalue weighted by molar-refractivity contribution is -0.199. The Hall–Kier alpha value is -1.50. The maximum absolute atomic E-state index is 12.7. The van der Waals surface area contributed by atoms with Crippen molar-refractivity contribution in [3.05, 3.63) is 24.2 Å². The van der Waals surface area contributed by atoms with Crippen LogP contribution >= 0.6 is 0 Å². The molecule has 1 fully saturated rings. The van der Waals surface area contributed by atoms with E-state index in [1.807, 2.05) is 0 Å². The number of hydrogen-bond donors (Lipinski definition) is 2. The summed E-state index contributed by atoms with van der Waals surface area (Å²) in [6.45, 7) is -0.209. The highest BCUT2D eigenvalue weighted by molar-refractivity contribution is 5.91. The summed E-state index contributed by atoms with van der Waals surface area (Å²) >= 11 is 0. The first-order valence-corrected chi connectivity index (χ1v) is 6.41. The van der Waals surface area contributed by atoms with Crippen LogP contribution < -0.4 is 5.32 Å². The quantitative estimate of drug-likeness (QED) is 0.899. The first-order valence-electron chi connectivity index (χ1n) is 6.41. The summed E-state index contributed by atoms with van der Waals surface area (Å²) in [5.41, 5.74) is -1.51. The van der Waals surface area contributed by atoms with Gasteiger partial charge in [-0.3, -0.25) is 4.79 Å². The van der Waals surface area contributed by atoms with Crippen molar-refractivity contribution in [2.24, 2.45) is 5.92 Å². The molecule has 0 saturated heterocycles. The maximum atomic E-state index is 12.7. The van der Waals surface area contributed by atoms with E-state index in [1.165, 1.54) is 18.4 Å². The number of amides is 1. The second-order valence-electron chi connectivity index (χ2n) is 5.22. The largest absolute Gasteiger partial charge is 0.459 e. The lowest BCUT2D eigenvalue weighted by Crippen LogP contribution is -2.48. The molecule has 2 atom stereocenters. The molecule has 20 heavy (non-hydrogen) atoms. The molecule has 0 radical (unpaired) electrons. The minimum atomic E-state index is -4.31. The molecule has 112 valence electrons. The molecule has 0 aliphatic heterocycles. The third kappa shape index (κ3) is 3.53. The van der Waals surface area contributed by atoms with E-state index in [0.717, 1.165) is 0 Å². The number of carbonyl (C=O) groups excluding carboxylic acids is 1. The van der Waals surface area contributed by atoms with Crippen LogP contribution in [0.5, 0.6) is 0 Å². The minimum Gasteiger partial charge on any atom is -0.459 e. The van der Waals surface area contributed by atoms with Gasteiger partial charge in [-0.05, 0) is 37.8 Å². The van der Waals surface area contributed by atoms with Crippen LogP contribution in [-0.4, -0.2) is 29.3 Å². The van der Waals surface area contributed by atoms with Crippen LogP contribution in [-0.2, 0) is 0 Å². The van der Waals surface area contributed by atoms with Crippen LogP contribution in [0, 0.1) is 5.92 Å². The number of nitrogens with one attached hydrogen (secondary N) is 1. The highest BCUT2D eigenvalue weighted by Crippen LogP contribution is 2.41. The molecule has 0 unspecified atom stereocenters. The van der Waals surface area contributed by atoms with Gasteiger partial charge in [-0.1, -0.05) is 0 Å². The average molecular weight is 291 g/mol. The van der Waals surface area contributed by atoms with E-state index in [2.05, 4.69) is 5.32 Å². The Bertz CT molecular complexity index is 458. The first-order chi connectivity index (χ1) is 9.30. The van der Waals surface area contributed by atoms with E-state index < -0.39 is 23.6 Å². The predicted molar refractivity (Wildman–Crippen MR) is 64.0 cm³/mol. The Kier molecular flexibility index (Phi) is 4.08. The standard InChI is InChI=1S/C13H16F3NO3/c14-13(15,16)9-3-1-5-12(19,7-9)8-17-11(18)10-4-2-6-20-10/h2,4,6,9,19H,1,3,5,7-8H2,(H,17,18)/t9-,12+/m0/s1. The van der Waals surface area contributed by atoms with Crippen molar-refractivity contribution < 1.29 is 27.5 Å². The van der Waals surface area contributed by atoms with Crippen LogP contribution in [0.15, 0.2) is 22.8 Å². The second-order valence-corrected chi connectivity index (χ2v) is 5.22. The molecule has 0 spiro atoms. The lowest BCUT2D eigenvalue weighted by Gasteiger charge is -2.37. The van der Waals surface area contributed by atoms with Gasteiger partial charge < -0.3 is 14.8 Å². The molecule has 1 aromatic heterocycles. The number of hydrogen-bond acceptors (Lipinski definition) is 3. The Balaban J connectivity index is 1.92. The van der Waals surface area contributed by atoms with Gasteiger partial charge in [0.15, 0.2) is 5.76 Å². The fourth-order valence-corrected chi connectivity index (χ4v) is 2.52. The summed E-state index contributed by atoms with van der Waals surface area (Å²) in [5, 5.41) is 12.6. The number of alkyl halides is 3. The van der Waals surface area contributed by atoms with Crippen LogP contribution in [0.25, 0.3) is 0 Å². The molecule has 4 nitrogen and oxygen atoms in total. The maximum Gasteiger partial charge on any atom is 0.391 e. The highest BCUT2D eigenvalue weighted by atomic mass is 19.4. The summed E-state index contributed by atoms with van der Waals surface area (Å²) in [6, 6.07) is 2.97. The summed E-state index contributed by atoms with van der Waals surface area (Å²) < 4.78 is 42.9. The van der Waals surface area contributed by atoms with Gasteiger partial charge >= 0.3 is 6.18 Å². The number of halogens is 3. The molecule has 2 rings (SSSR count). The predicted octanol–water partition coefficient (Wildman–Crippen LogP) is 2.49. The zero-order chi connectivity index (χ0) is 14.8. The van der Waals surface area contributed by atoms with Crippen molar-refractivity contribution in [1.82, 2.24) is 5.32 Å². The number of aliphatic hydroxyl groups is 1. The summed E-state index contributed by atoms with van der Waals surface area (Å²) in [5.74, 6) is -1.99. The number of carbonyl (C=O) groups is 1. The van der Waals surface area contributed by atoms with Gasteiger partial charge in [0.25, 0.3) is 5.91 Å². The van der Waals surface area contributed by atoms with E-state index in [1.54, 1.807) is 0 Å². The molecule has 1 saturated carbocycles. The van der Waals surface area contributed by atoms with Crippen molar-refractivity contribution in [2.45, 2.75) is 37.5 Å². The zero-order valence-electron chi connectivity index (χ0n) is 10.7. The molecule has 1 aromatic rings. The van der Waals surface area contributed by atoms with Gasteiger partial charge in [0, 0.05) is 6.54 Å². The average Bonchev–Trinajstić information content (AvgIpc) is 2.89. The monoisotopic (exact) mass is 291 g/mol. The minimum absolute atomic E-state index is 0.0257. The smallest absolute Gasteiger partial charge is 0.391 e. The van der Waals surface area contributed by atoms with Gasteiger partial charge in [-0.15, -0.1) is 0 Å². The van der Waals surface area contributed by atoms with Crippen molar-refractivity contribution in [3.8, 4) is 0 Å². The molecular formula is C13H16F3NO3. The first kappa shape index (κ1) is 14.9. The van der Waals surface area contributed by atoms with Gasteiger partial charge in [0.2, 0.25) is 0 Å². The molecule has 0 aromatic carbocycles. The Morgan fingerprint density at radius 2 is 2.30 bits per heavy atom. The van der Waals surface area contributed by atoms with Crippen LogP contribution in [0.3, 0.4) is 0 Å².